The molecule has 0 spiro atoms. The van der Waals surface area contributed by atoms with Crippen molar-refractivity contribution in [1.29, 1.82) is 0 Å². The van der Waals surface area contributed by atoms with Crippen LogP contribution in [0.25, 0.3) is 0 Å². The molecular weight excluding hydrogens is 346 g/mol. The van der Waals surface area contributed by atoms with Crippen molar-refractivity contribution < 1.29 is 9.53 Å². The Hall–Kier alpha value is -2.29. The first-order valence-electron chi connectivity index (χ1n) is 10.7. The number of hydrogen-bond donors (Lipinski definition) is 0. The summed E-state index contributed by atoms with van der Waals surface area (Å²) in [7, 11) is 3.98. The van der Waals surface area contributed by atoms with E-state index in [0.717, 1.165) is 24.5 Å². The Morgan fingerprint density at radius 1 is 0.750 bits per heavy atom. The minimum atomic E-state index is 0.0416. The molecule has 0 fully saturated rings. The first-order valence-corrected chi connectivity index (χ1v) is 10.7. The molecule has 3 nitrogen and oxygen atoms in total. The molecule has 2 rings (SSSR count). The van der Waals surface area contributed by atoms with Crippen molar-refractivity contribution >= 4 is 11.5 Å². The highest BCUT2D eigenvalue weighted by molar-refractivity contribution is 6.09. The van der Waals surface area contributed by atoms with Gasteiger partial charge in [-0.1, -0.05) is 51.9 Å². The Kier molecular flexibility index (Phi) is 9.61. The molecule has 0 bridgehead atoms. The van der Waals surface area contributed by atoms with Crippen molar-refractivity contribution in [3.63, 3.8) is 0 Å². The van der Waals surface area contributed by atoms with Gasteiger partial charge in [0.25, 0.3) is 0 Å². The Morgan fingerprint density at radius 3 is 1.79 bits per heavy atom. The van der Waals surface area contributed by atoms with Gasteiger partial charge in [-0.15, -0.1) is 0 Å². The number of benzene rings is 2. The number of rotatable bonds is 13. The van der Waals surface area contributed by atoms with E-state index in [0.29, 0.717) is 11.1 Å². The minimum Gasteiger partial charge on any atom is -0.494 e. The fraction of sp³-hybridized carbons (Fsp3) is 0.480. The predicted octanol–water partition coefficient (Wildman–Crippen LogP) is 6.50. The number of anilines is 1. The van der Waals surface area contributed by atoms with Gasteiger partial charge in [0.05, 0.1) is 6.61 Å². The molecule has 0 unspecified atom stereocenters. The van der Waals surface area contributed by atoms with E-state index in [9.17, 15) is 4.79 Å². The molecule has 152 valence electrons. The lowest BCUT2D eigenvalue weighted by Crippen LogP contribution is -2.09. The number of unbranched alkanes of at least 4 members (excludes halogenated alkanes) is 7. The molecule has 0 heterocycles. The maximum atomic E-state index is 12.6. The van der Waals surface area contributed by atoms with Crippen molar-refractivity contribution in [1.82, 2.24) is 0 Å². The van der Waals surface area contributed by atoms with Crippen LogP contribution >= 0.6 is 0 Å². The van der Waals surface area contributed by atoms with Gasteiger partial charge in [-0.2, -0.15) is 0 Å². The zero-order chi connectivity index (χ0) is 20.2. The first-order chi connectivity index (χ1) is 13.6. The molecule has 2 aromatic carbocycles. The van der Waals surface area contributed by atoms with Crippen molar-refractivity contribution in [2.75, 3.05) is 25.6 Å². The maximum Gasteiger partial charge on any atom is 0.193 e. The summed E-state index contributed by atoms with van der Waals surface area (Å²) < 4.78 is 5.82. The number of ether oxygens (including phenoxy) is 1. The van der Waals surface area contributed by atoms with Crippen LogP contribution in [0, 0.1) is 0 Å². The second kappa shape index (κ2) is 12.2. The van der Waals surface area contributed by atoms with E-state index in [1.54, 1.807) is 0 Å². The molecule has 0 atom stereocenters. The second-order valence-electron chi connectivity index (χ2n) is 7.62. The zero-order valence-corrected chi connectivity index (χ0v) is 17.7. The molecule has 0 saturated carbocycles. The maximum absolute atomic E-state index is 12.6. The van der Waals surface area contributed by atoms with Gasteiger partial charge in [0, 0.05) is 30.9 Å². The molecule has 0 aliphatic carbocycles. The molecule has 0 aliphatic rings. The third-order valence-electron chi connectivity index (χ3n) is 5.03. The first kappa shape index (κ1) is 22.0. The summed E-state index contributed by atoms with van der Waals surface area (Å²) >= 11 is 0. The Labute approximate surface area is 170 Å². The highest BCUT2D eigenvalue weighted by atomic mass is 16.5. The molecule has 0 aromatic heterocycles. The summed E-state index contributed by atoms with van der Waals surface area (Å²) in [5.41, 5.74) is 2.48. The lowest BCUT2D eigenvalue weighted by molar-refractivity contribution is 0.103. The average Bonchev–Trinajstić information content (AvgIpc) is 2.72. The smallest absolute Gasteiger partial charge is 0.193 e. The Morgan fingerprint density at radius 2 is 1.25 bits per heavy atom. The largest absolute Gasteiger partial charge is 0.494 e. The van der Waals surface area contributed by atoms with Crippen LogP contribution in [-0.4, -0.2) is 26.5 Å². The highest BCUT2D eigenvalue weighted by Gasteiger charge is 2.09. The molecule has 0 aliphatic heterocycles. The van der Waals surface area contributed by atoms with E-state index < -0.39 is 0 Å². The van der Waals surface area contributed by atoms with Gasteiger partial charge in [-0.05, 0) is 55.0 Å². The molecular formula is C25H35NO2. The topological polar surface area (TPSA) is 29.5 Å². The molecule has 28 heavy (non-hydrogen) atoms. The molecule has 0 amide bonds. The minimum absolute atomic E-state index is 0.0416. The van der Waals surface area contributed by atoms with Gasteiger partial charge in [-0.25, -0.2) is 0 Å². The zero-order valence-electron chi connectivity index (χ0n) is 17.7. The van der Waals surface area contributed by atoms with Crippen LogP contribution in [0.5, 0.6) is 5.75 Å². The predicted molar refractivity (Wildman–Crippen MR) is 119 cm³/mol. The van der Waals surface area contributed by atoms with E-state index in [1.165, 1.54) is 44.9 Å². The van der Waals surface area contributed by atoms with Gasteiger partial charge < -0.3 is 9.64 Å². The van der Waals surface area contributed by atoms with Crippen molar-refractivity contribution in [3.05, 3.63) is 59.7 Å². The van der Waals surface area contributed by atoms with Crippen LogP contribution in [0.1, 0.15) is 74.2 Å². The number of carbonyl (C=O) groups is 1. The SMILES string of the molecule is CCCCCCCCCCOc1ccc(C(=O)c2ccc(N(C)C)cc2)cc1. The molecule has 2 aromatic rings. The Bertz CT molecular complexity index is 689. The van der Waals surface area contributed by atoms with Gasteiger partial charge in [0.1, 0.15) is 5.75 Å². The fourth-order valence-corrected chi connectivity index (χ4v) is 3.21. The lowest BCUT2D eigenvalue weighted by Gasteiger charge is -2.12. The third-order valence-corrected chi connectivity index (χ3v) is 5.03. The average molecular weight is 382 g/mol. The Balaban J connectivity index is 1.71. The van der Waals surface area contributed by atoms with E-state index in [-0.39, 0.29) is 5.78 Å². The molecule has 3 heteroatoms. The second-order valence-corrected chi connectivity index (χ2v) is 7.62. The van der Waals surface area contributed by atoms with Gasteiger partial charge in [0.2, 0.25) is 0 Å². The molecule has 0 N–H and O–H groups in total. The van der Waals surface area contributed by atoms with E-state index in [2.05, 4.69) is 6.92 Å². The summed E-state index contributed by atoms with van der Waals surface area (Å²) in [6.07, 6.45) is 10.4. The summed E-state index contributed by atoms with van der Waals surface area (Å²) in [6, 6.07) is 15.2. The van der Waals surface area contributed by atoms with E-state index in [4.69, 9.17) is 4.74 Å². The monoisotopic (exact) mass is 381 g/mol. The lowest BCUT2D eigenvalue weighted by atomic mass is 10.0. The summed E-state index contributed by atoms with van der Waals surface area (Å²) in [4.78, 5) is 14.6. The number of ketones is 1. The van der Waals surface area contributed by atoms with Crippen molar-refractivity contribution in [2.24, 2.45) is 0 Å². The number of nitrogens with zero attached hydrogens (tertiary/aromatic N) is 1. The summed E-state index contributed by atoms with van der Waals surface area (Å²) in [6.45, 7) is 3.00. The van der Waals surface area contributed by atoms with Gasteiger partial charge >= 0.3 is 0 Å². The quantitative estimate of drug-likeness (QED) is 0.293. The van der Waals surface area contributed by atoms with Gasteiger partial charge in [-0.3, -0.25) is 4.79 Å². The normalized spacial score (nSPS) is 10.7. The van der Waals surface area contributed by atoms with Crippen LogP contribution in [0.3, 0.4) is 0 Å². The van der Waals surface area contributed by atoms with Crippen LogP contribution in [0.2, 0.25) is 0 Å². The van der Waals surface area contributed by atoms with Crippen molar-refractivity contribution in [2.45, 2.75) is 58.3 Å². The number of carbonyl (C=O) groups excluding carboxylic acids is 1. The standard InChI is InChI=1S/C25H35NO2/c1-4-5-6-7-8-9-10-11-20-28-24-18-14-22(15-19-24)25(27)21-12-16-23(17-13-21)26(2)3/h12-19H,4-11,20H2,1-3H3. The van der Waals surface area contributed by atoms with Gasteiger partial charge in [0.15, 0.2) is 5.78 Å². The fourth-order valence-electron chi connectivity index (χ4n) is 3.21. The van der Waals surface area contributed by atoms with Crippen LogP contribution in [-0.2, 0) is 0 Å². The summed E-state index contributed by atoms with van der Waals surface area (Å²) in [5.74, 6) is 0.877. The van der Waals surface area contributed by atoms with Crippen molar-refractivity contribution in [3.8, 4) is 5.75 Å². The third kappa shape index (κ3) is 7.38. The molecule has 0 radical (unpaired) electrons. The summed E-state index contributed by atoms with van der Waals surface area (Å²) in [5, 5.41) is 0. The highest BCUT2D eigenvalue weighted by Crippen LogP contribution is 2.18. The van der Waals surface area contributed by atoms with E-state index in [1.807, 2.05) is 67.5 Å². The van der Waals surface area contributed by atoms with E-state index >= 15 is 0 Å². The van der Waals surface area contributed by atoms with Crippen LogP contribution in [0.15, 0.2) is 48.5 Å². The number of hydrogen-bond acceptors (Lipinski definition) is 3. The van der Waals surface area contributed by atoms with Crippen LogP contribution < -0.4 is 9.64 Å². The van der Waals surface area contributed by atoms with Crippen LogP contribution in [0.4, 0.5) is 5.69 Å². The molecule has 0 saturated heterocycles.